The number of nitrogens with zero attached hydrogens (tertiary/aromatic N) is 1. The molecule has 5 heteroatoms. The molecule has 1 amide bonds. The van der Waals surface area contributed by atoms with Gasteiger partial charge < -0.3 is 4.52 Å². The zero-order chi connectivity index (χ0) is 9.68. The summed E-state index contributed by atoms with van der Waals surface area (Å²) in [5, 5.41) is 3.48. The van der Waals surface area contributed by atoms with E-state index in [9.17, 15) is 4.79 Å². The summed E-state index contributed by atoms with van der Waals surface area (Å²) < 4.78 is 4.69. The van der Waals surface area contributed by atoms with E-state index >= 15 is 0 Å². The van der Waals surface area contributed by atoms with Crippen LogP contribution >= 0.6 is 0 Å². The van der Waals surface area contributed by atoms with Crippen LogP contribution in [0.2, 0.25) is 0 Å². The van der Waals surface area contributed by atoms with Gasteiger partial charge in [-0.05, 0) is 6.92 Å². The second kappa shape index (κ2) is 4.28. The molecule has 68 valence electrons. The molecule has 0 unspecified atom stereocenters. The van der Waals surface area contributed by atoms with Crippen molar-refractivity contribution < 1.29 is 14.2 Å². The summed E-state index contributed by atoms with van der Waals surface area (Å²) >= 11 is 0. The first-order valence-electron chi connectivity index (χ1n) is 3.53. The molecule has 0 fully saturated rings. The highest BCUT2D eigenvalue weighted by Gasteiger charge is 2.09. The number of nitrogens with one attached hydrogen (secondary N) is 1. The Morgan fingerprint density at radius 2 is 2.69 bits per heavy atom. The van der Waals surface area contributed by atoms with Gasteiger partial charge in [-0.3, -0.25) is 9.63 Å². The summed E-state index contributed by atoms with van der Waals surface area (Å²) in [5.74, 6) is 2.28. The van der Waals surface area contributed by atoms with Crippen LogP contribution in [0.1, 0.15) is 16.2 Å². The number of hydrogen-bond donors (Lipinski definition) is 1. The molecule has 0 atom stereocenters. The van der Waals surface area contributed by atoms with Crippen LogP contribution in [0.25, 0.3) is 0 Å². The molecule has 0 aliphatic heterocycles. The number of rotatable bonds is 3. The monoisotopic (exact) mass is 180 g/mol. The molecule has 1 aromatic heterocycles. The fraction of sp³-hybridized carbons (Fsp3) is 0.250. The summed E-state index contributed by atoms with van der Waals surface area (Å²) in [6, 6.07) is 1.49. The van der Waals surface area contributed by atoms with Crippen LogP contribution in [0, 0.1) is 19.3 Å². The molecule has 0 aliphatic rings. The molecule has 1 N–H and O–H groups in total. The van der Waals surface area contributed by atoms with E-state index in [1.807, 2.05) is 0 Å². The van der Waals surface area contributed by atoms with Crippen LogP contribution in [0.4, 0.5) is 0 Å². The van der Waals surface area contributed by atoms with Gasteiger partial charge in [-0.25, -0.2) is 5.48 Å². The predicted molar refractivity (Wildman–Crippen MR) is 43.5 cm³/mol. The molecule has 0 bridgehead atoms. The van der Waals surface area contributed by atoms with Crippen molar-refractivity contribution in [2.75, 3.05) is 6.61 Å². The van der Waals surface area contributed by atoms with E-state index in [1.54, 1.807) is 6.92 Å². The van der Waals surface area contributed by atoms with Crippen LogP contribution < -0.4 is 5.48 Å². The Kier molecular flexibility index (Phi) is 3.06. The lowest BCUT2D eigenvalue weighted by Gasteiger charge is -1.98. The van der Waals surface area contributed by atoms with Gasteiger partial charge in [-0.2, -0.15) is 0 Å². The van der Waals surface area contributed by atoms with Crippen LogP contribution in [0.5, 0.6) is 0 Å². The zero-order valence-electron chi connectivity index (χ0n) is 7.03. The minimum Gasteiger partial charge on any atom is -0.361 e. The number of carbonyl (C=O) groups excluding carboxylic acids is 1. The molecule has 0 aromatic carbocycles. The number of carbonyl (C=O) groups is 1. The van der Waals surface area contributed by atoms with Gasteiger partial charge in [-0.1, -0.05) is 11.1 Å². The number of aromatic nitrogens is 1. The standard InChI is InChI=1S/C8H8N2O3/c1-3-4-12-10-8(11)7-5-6(2)13-9-7/h1,5H,4H2,2H3,(H,10,11). The van der Waals surface area contributed by atoms with Crippen molar-refractivity contribution in [1.82, 2.24) is 10.6 Å². The summed E-state index contributed by atoms with van der Waals surface area (Å²) in [4.78, 5) is 15.7. The number of amides is 1. The van der Waals surface area contributed by atoms with E-state index in [2.05, 4.69) is 25.9 Å². The topological polar surface area (TPSA) is 64.4 Å². The number of hydroxylamine groups is 1. The number of hydrogen-bond acceptors (Lipinski definition) is 4. The maximum Gasteiger partial charge on any atom is 0.297 e. The van der Waals surface area contributed by atoms with Gasteiger partial charge >= 0.3 is 0 Å². The maximum absolute atomic E-state index is 11.1. The quantitative estimate of drug-likeness (QED) is 0.412. The first kappa shape index (κ1) is 9.29. The first-order valence-corrected chi connectivity index (χ1v) is 3.53. The van der Waals surface area contributed by atoms with Crippen molar-refractivity contribution in [3.8, 4) is 12.3 Å². The molecular formula is C8H8N2O3. The smallest absolute Gasteiger partial charge is 0.297 e. The van der Waals surface area contributed by atoms with Crippen molar-refractivity contribution in [2.24, 2.45) is 0 Å². The minimum absolute atomic E-state index is 0.0164. The molecule has 1 aromatic rings. The number of terminal acetylenes is 1. The molecule has 0 saturated heterocycles. The molecule has 0 spiro atoms. The highest BCUT2D eigenvalue weighted by Crippen LogP contribution is 2.00. The van der Waals surface area contributed by atoms with E-state index in [1.165, 1.54) is 6.07 Å². The van der Waals surface area contributed by atoms with Crippen LogP contribution in [-0.2, 0) is 4.84 Å². The summed E-state index contributed by atoms with van der Waals surface area (Å²) in [6.45, 7) is 1.70. The predicted octanol–water partition coefficient (Wildman–Crippen LogP) is 0.278. The molecule has 0 aliphatic carbocycles. The Labute approximate surface area is 75.0 Å². The molecule has 1 rings (SSSR count). The van der Waals surface area contributed by atoms with E-state index in [4.69, 9.17) is 6.42 Å². The second-order valence-electron chi connectivity index (χ2n) is 2.25. The third-order valence-corrected chi connectivity index (χ3v) is 1.18. The van der Waals surface area contributed by atoms with Crippen molar-refractivity contribution in [1.29, 1.82) is 0 Å². The molecule has 0 saturated carbocycles. The van der Waals surface area contributed by atoms with Crippen molar-refractivity contribution >= 4 is 5.91 Å². The molecule has 5 nitrogen and oxygen atoms in total. The maximum atomic E-state index is 11.1. The Morgan fingerprint density at radius 3 is 3.23 bits per heavy atom. The van der Waals surface area contributed by atoms with Gasteiger partial charge in [-0.15, -0.1) is 6.42 Å². The summed E-state index contributed by atoms with van der Waals surface area (Å²) in [5.41, 5.74) is 2.27. The van der Waals surface area contributed by atoms with E-state index in [0.717, 1.165) is 0 Å². The minimum atomic E-state index is -0.480. The highest BCUT2D eigenvalue weighted by molar-refractivity contribution is 5.91. The van der Waals surface area contributed by atoms with Gasteiger partial charge in [0.05, 0.1) is 0 Å². The first-order chi connectivity index (χ1) is 6.24. The molecule has 0 radical (unpaired) electrons. The van der Waals surface area contributed by atoms with Gasteiger partial charge in [0.1, 0.15) is 12.4 Å². The van der Waals surface area contributed by atoms with E-state index in [0.29, 0.717) is 5.76 Å². The van der Waals surface area contributed by atoms with Crippen LogP contribution in [0.15, 0.2) is 10.6 Å². The lowest BCUT2D eigenvalue weighted by Crippen LogP contribution is -2.24. The SMILES string of the molecule is C#CCONC(=O)c1cc(C)on1. The zero-order valence-corrected chi connectivity index (χ0v) is 7.03. The Morgan fingerprint density at radius 1 is 1.92 bits per heavy atom. The third kappa shape index (κ3) is 2.61. The fourth-order valence-electron chi connectivity index (χ4n) is 0.669. The largest absolute Gasteiger partial charge is 0.361 e. The Bertz CT molecular complexity index is 337. The summed E-state index contributed by atoms with van der Waals surface area (Å²) in [7, 11) is 0. The summed E-state index contributed by atoms with van der Waals surface area (Å²) in [6.07, 6.45) is 4.90. The van der Waals surface area contributed by atoms with Crippen molar-refractivity contribution in [2.45, 2.75) is 6.92 Å². The number of aryl methyl sites for hydroxylation is 1. The van der Waals surface area contributed by atoms with Crippen molar-refractivity contribution in [3.63, 3.8) is 0 Å². The Hall–Kier alpha value is -1.80. The fourth-order valence-corrected chi connectivity index (χ4v) is 0.669. The van der Waals surface area contributed by atoms with Gasteiger partial charge in [0.25, 0.3) is 5.91 Å². The molecular weight excluding hydrogens is 172 g/mol. The van der Waals surface area contributed by atoms with Crippen LogP contribution in [-0.4, -0.2) is 17.7 Å². The third-order valence-electron chi connectivity index (χ3n) is 1.18. The lowest BCUT2D eigenvalue weighted by molar-refractivity contribution is 0.0429. The average molecular weight is 180 g/mol. The normalized spacial score (nSPS) is 9.23. The van der Waals surface area contributed by atoms with Crippen LogP contribution in [0.3, 0.4) is 0 Å². The molecule has 1 heterocycles. The van der Waals surface area contributed by atoms with E-state index < -0.39 is 5.91 Å². The second-order valence-corrected chi connectivity index (χ2v) is 2.25. The average Bonchev–Trinajstić information content (AvgIpc) is 2.52. The molecule has 13 heavy (non-hydrogen) atoms. The highest BCUT2D eigenvalue weighted by atomic mass is 16.6. The van der Waals surface area contributed by atoms with Gasteiger partial charge in [0, 0.05) is 6.07 Å². The lowest BCUT2D eigenvalue weighted by atomic mass is 10.4. The van der Waals surface area contributed by atoms with E-state index in [-0.39, 0.29) is 12.3 Å². The van der Waals surface area contributed by atoms with Crippen molar-refractivity contribution in [3.05, 3.63) is 17.5 Å². The van der Waals surface area contributed by atoms with Gasteiger partial charge in [0.2, 0.25) is 0 Å². The Balaban J connectivity index is 2.45. The van der Waals surface area contributed by atoms with Gasteiger partial charge in [0.15, 0.2) is 5.69 Å².